The molecule has 0 saturated carbocycles. The second kappa shape index (κ2) is 28.2. The van der Waals surface area contributed by atoms with Crippen LogP contribution in [0.25, 0.3) is 6.08 Å². The number of benzene rings is 1. The molecule has 0 radical (unpaired) electrons. The minimum Gasteiger partial charge on any atom is -0.494 e. The van der Waals surface area contributed by atoms with Gasteiger partial charge in [-0.1, -0.05) is 143 Å². The first-order chi connectivity index (χ1) is 20.2. The number of carbonyl (C=O) groups is 1. The van der Waals surface area contributed by atoms with E-state index in [1.54, 1.807) is 6.08 Å². The van der Waals surface area contributed by atoms with Crippen LogP contribution in [0.15, 0.2) is 24.3 Å². The minimum absolute atomic E-state index is 0.309. The second-order valence-electron chi connectivity index (χ2n) is 11.6. The predicted octanol–water partition coefficient (Wildman–Crippen LogP) is 11.6. The lowest BCUT2D eigenvalue weighted by Gasteiger charge is -2.12. The maximum Gasteiger partial charge on any atom is 0.330 e. The molecule has 0 saturated heterocycles. The van der Waals surface area contributed by atoms with Crippen LogP contribution in [0.4, 0.5) is 0 Å². The van der Waals surface area contributed by atoms with Crippen molar-refractivity contribution >= 4 is 12.0 Å². The molecule has 1 rings (SSSR count). The van der Waals surface area contributed by atoms with Crippen LogP contribution in [-0.2, 0) is 9.53 Å². The number of carbonyl (C=O) groups excluding carboxylic acids is 1. The first-order valence-electron chi connectivity index (χ1n) is 17.5. The summed E-state index contributed by atoms with van der Waals surface area (Å²) in [6.45, 7) is 8.50. The van der Waals surface area contributed by atoms with E-state index in [-0.39, 0.29) is 5.97 Å². The van der Waals surface area contributed by atoms with Crippen molar-refractivity contribution in [2.24, 2.45) is 0 Å². The first-order valence-corrected chi connectivity index (χ1v) is 17.5. The van der Waals surface area contributed by atoms with Gasteiger partial charge in [0.05, 0.1) is 19.8 Å². The third-order valence-electron chi connectivity index (χ3n) is 7.64. The number of unbranched alkanes of at least 4 members (excludes halogenated alkanes) is 19. The van der Waals surface area contributed by atoms with Gasteiger partial charge in [0.15, 0.2) is 0 Å². The zero-order chi connectivity index (χ0) is 29.6. The SMILES string of the molecule is CCCCCCCCCCCCOc1ccc(OCCCCCCCCCCCC)c(C=CC(=O)OCCCC)c1. The Balaban J connectivity index is 2.42. The van der Waals surface area contributed by atoms with Crippen LogP contribution in [0, 0.1) is 0 Å². The fourth-order valence-corrected chi connectivity index (χ4v) is 4.95. The van der Waals surface area contributed by atoms with E-state index in [4.69, 9.17) is 14.2 Å². The highest BCUT2D eigenvalue weighted by Gasteiger charge is 2.06. The Morgan fingerprint density at radius 1 is 0.561 bits per heavy atom. The van der Waals surface area contributed by atoms with Gasteiger partial charge in [0.2, 0.25) is 0 Å². The van der Waals surface area contributed by atoms with Gasteiger partial charge in [-0.25, -0.2) is 4.79 Å². The average Bonchev–Trinajstić information content (AvgIpc) is 2.98. The summed E-state index contributed by atoms with van der Waals surface area (Å²) in [5, 5.41) is 0. The molecule has 0 unspecified atom stereocenters. The smallest absolute Gasteiger partial charge is 0.330 e. The summed E-state index contributed by atoms with van der Waals surface area (Å²) < 4.78 is 17.5. The molecule has 41 heavy (non-hydrogen) atoms. The molecule has 0 N–H and O–H groups in total. The molecule has 0 heterocycles. The summed E-state index contributed by atoms with van der Waals surface area (Å²) >= 11 is 0. The number of esters is 1. The molecule has 0 aliphatic rings. The van der Waals surface area contributed by atoms with Crippen LogP contribution in [0.3, 0.4) is 0 Å². The fourth-order valence-electron chi connectivity index (χ4n) is 4.95. The van der Waals surface area contributed by atoms with E-state index in [1.165, 1.54) is 122 Å². The lowest BCUT2D eigenvalue weighted by molar-refractivity contribution is -0.137. The van der Waals surface area contributed by atoms with Gasteiger partial charge in [-0.2, -0.15) is 0 Å². The van der Waals surface area contributed by atoms with Crippen LogP contribution in [0.1, 0.15) is 168 Å². The third-order valence-corrected chi connectivity index (χ3v) is 7.64. The van der Waals surface area contributed by atoms with Crippen molar-refractivity contribution in [3.8, 4) is 11.5 Å². The summed E-state index contributed by atoms with van der Waals surface area (Å²) in [5.41, 5.74) is 0.866. The van der Waals surface area contributed by atoms with Crippen LogP contribution in [0.5, 0.6) is 11.5 Å². The Kier molecular flexibility index (Phi) is 25.5. The van der Waals surface area contributed by atoms with Crippen LogP contribution >= 0.6 is 0 Å². The van der Waals surface area contributed by atoms with E-state index >= 15 is 0 Å². The lowest BCUT2D eigenvalue weighted by atomic mass is 10.1. The van der Waals surface area contributed by atoms with Crippen molar-refractivity contribution in [2.45, 2.75) is 162 Å². The molecule has 1 aromatic rings. The van der Waals surface area contributed by atoms with Crippen molar-refractivity contribution in [3.63, 3.8) is 0 Å². The van der Waals surface area contributed by atoms with Crippen molar-refractivity contribution < 1.29 is 19.0 Å². The molecular weight excluding hydrogens is 508 g/mol. The van der Waals surface area contributed by atoms with Crippen LogP contribution in [0.2, 0.25) is 0 Å². The van der Waals surface area contributed by atoms with Gasteiger partial charge in [-0.15, -0.1) is 0 Å². The summed E-state index contributed by atoms with van der Waals surface area (Å²) in [7, 11) is 0. The van der Waals surface area contributed by atoms with Crippen LogP contribution in [-0.4, -0.2) is 25.8 Å². The van der Waals surface area contributed by atoms with Crippen molar-refractivity contribution in [3.05, 3.63) is 29.8 Å². The molecule has 0 aliphatic carbocycles. The number of ether oxygens (including phenoxy) is 3. The van der Waals surface area contributed by atoms with Gasteiger partial charge >= 0.3 is 5.97 Å². The molecule has 0 aliphatic heterocycles. The molecular formula is C37H64O4. The highest BCUT2D eigenvalue weighted by Crippen LogP contribution is 2.26. The van der Waals surface area contributed by atoms with E-state index in [0.717, 1.165) is 49.4 Å². The quantitative estimate of drug-likeness (QED) is 0.0544. The maximum atomic E-state index is 12.2. The predicted molar refractivity (Wildman–Crippen MR) is 176 cm³/mol. The summed E-state index contributed by atoms with van der Waals surface area (Å²) in [6, 6.07) is 5.95. The van der Waals surface area contributed by atoms with Crippen molar-refractivity contribution in [1.29, 1.82) is 0 Å². The summed E-state index contributed by atoms with van der Waals surface area (Å²) in [5.74, 6) is 1.31. The lowest BCUT2D eigenvalue weighted by Crippen LogP contribution is -2.03. The zero-order valence-corrected chi connectivity index (χ0v) is 27.2. The van der Waals surface area contributed by atoms with Gasteiger partial charge in [0.25, 0.3) is 0 Å². The number of rotatable bonds is 29. The molecule has 0 amide bonds. The molecule has 0 aromatic heterocycles. The number of hydrogen-bond acceptors (Lipinski definition) is 4. The molecule has 0 spiro atoms. The Morgan fingerprint density at radius 2 is 1.02 bits per heavy atom. The monoisotopic (exact) mass is 572 g/mol. The molecule has 4 heteroatoms. The van der Waals surface area contributed by atoms with Gasteiger partial charge < -0.3 is 14.2 Å². The topological polar surface area (TPSA) is 44.8 Å². The third kappa shape index (κ3) is 22.3. The average molecular weight is 573 g/mol. The highest BCUT2D eigenvalue weighted by molar-refractivity contribution is 5.87. The summed E-state index contributed by atoms with van der Waals surface area (Å²) in [6.07, 6.45) is 31.4. The van der Waals surface area contributed by atoms with E-state index in [0.29, 0.717) is 13.2 Å². The first kappa shape index (κ1) is 37.1. The van der Waals surface area contributed by atoms with Gasteiger partial charge in [0.1, 0.15) is 11.5 Å². The Hall–Kier alpha value is -1.97. The standard InChI is InChI=1S/C37H64O4/c1-4-7-10-12-14-16-18-20-22-24-31-39-35-27-28-36(34(33-35)26-29-37(38)41-30-9-6-3)40-32-25-23-21-19-17-15-13-11-8-5-2/h26-29,33H,4-25,30-32H2,1-3H3. The molecule has 1 aromatic carbocycles. The highest BCUT2D eigenvalue weighted by atomic mass is 16.5. The van der Waals surface area contributed by atoms with E-state index in [9.17, 15) is 4.79 Å². The van der Waals surface area contributed by atoms with Gasteiger partial charge in [-0.05, 0) is 43.5 Å². The van der Waals surface area contributed by atoms with E-state index < -0.39 is 0 Å². The zero-order valence-electron chi connectivity index (χ0n) is 27.2. The van der Waals surface area contributed by atoms with Crippen molar-refractivity contribution in [2.75, 3.05) is 19.8 Å². The minimum atomic E-state index is -0.309. The normalized spacial score (nSPS) is 11.3. The molecule has 0 atom stereocenters. The Morgan fingerprint density at radius 3 is 1.54 bits per heavy atom. The van der Waals surface area contributed by atoms with E-state index in [1.807, 2.05) is 18.2 Å². The van der Waals surface area contributed by atoms with Crippen LogP contribution < -0.4 is 9.47 Å². The summed E-state index contributed by atoms with van der Waals surface area (Å²) in [4.78, 5) is 12.2. The molecule has 4 nitrogen and oxygen atoms in total. The molecule has 236 valence electrons. The van der Waals surface area contributed by atoms with Gasteiger partial charge in [0, 0.05) is 11.6 Å². The second-order valence-corrected chi connectivity index (χ2v) is 11.6. The molecule has 0 bridgehead atoms. The fraction of sp³-hybridized carbons (Fsp3) is 0.757. The largest absolute Gasteiger partial charge is 0.494 e. The number of hydrogen-bond donors (Lipinski definition) is 0. The Bertz CT molecular complexity index is 757. The van der Waals surface area contributed by atoms with E-state index in [2.05, 4.69) is 20.8 Å². The molecule has 0 fully saturated rings. The Labute approximate surface area is 254 Å². The van der Waals surface area contributed by atoms with Crippen molar-refractivity contribution in [1.82, 2.24) is 0 Å². The maximum absolute atomic E-state index is 12.2. The van der Waals surface area contributed by atoms with Gasteiger partial charge in [-0.3, -0.25) is 0 Å².